The molecule has 0 fully saturated rings. The highest BCUT2D eigenvalue weighted by atomic mass is 14.2. The Morgan fingerprint density at radius 1 is 0.200 bits per heavy atom. The number of fused-ring (bicyclic) bond motifs is 6. The molecular formula is C50H32. The largest absolute Gasteiger partial charge is 0.0622 e. The van der Waals surface area contributed by atoms with Gasteiger partial charge in [-0.3, -0.25) is 0 Å². The third kappa shape index (κ3) is 4.46. The van der Waals surface area contributed by atoms with Gasteiger partial charge in [0.15, 0.2) is 0 Å². The van der Waals surface area contributed by atoms with Crippen LogP contribution in [0.25, 0.3) is 98.4 Å². The molecule has 0 aliphatic carbocycles. The monoisotopic (exact) mass is 632 g/mol. The van der Waals surface area contributed by atoms with Crippen LogP contribution in [0.2, 0.25) is 0 Å². The fourth-order valence-electron chi connectivity index (χ4n) is 8.23. The summed E-state index contributed by atoms with van der Waals surface area (Å²) < 4.78 is 0. The first kappa shape index (κ1) is 28.5. The Bertz CT molecular complexity index is 2840. The molecule has 10 aromatic carbocycles. The number of hydrogen-bond acceptors (Lipinski definition) is 0. The molecular weight excluding hydrogens is 601 g/mol. The van der Waals surface area contributed by atoms with Crippen molar-refractivity contribution in [2.24, 2.45) is 0 Å². The number of rotatable bonds is 4. The predicted molar refractivity (Wildman–Crippen MR) is 216 cm³/mol. The second-order valence-electron chi connectivity index (χ2n) is 13.2. The fraction of sp³-hybridized carbons (Fsp3) is 0. The Morgan fingerprint density at radius 2 is 0.620 bits per heavy atom. The highest BCUT2D eigenvalue weighted by Gasteiger charge is 2.19. The molecule has 0 aliphatic heterocycles. The van der Waals surface area contributed by atoms with E-state index in [1.807, 2.05) is 0 Å². The summed E-state index contributed by atoms with van der Waals surface area (Å²) in [5.74, 6) is 0. The average Bonchev–Trinajstić information content (AvgIpc) is 3.20. The van der Waals surface area contributed by atoms with Gasteiger partial charge in [-0.2, -0.15) is 0 Å². The van der Waals surface area contributed by atoms with E-state index in [1.54, 1.807) is 0 Å². The lowest BCUT2D eigenvalue weighted by atomic mass is 9.83. The molecule has 0 heteroatoms. The van der Waals surface area contributed by atoms with E-state index in [2.05, 4.69) is 194 Å². The van der Waals surface area contributed by atoms with Crippen LogP contribution in [0.5, 0.6) is 0 Å². The summed E-state index contributed by atoms with van der Waals surface area (Å²) in [5, 5.41) is 12.7. The minimum absolute atomic E-state index is 1.23. The Hall–Kier alpha value is -6.50. The van der Waals surface area contributed by atoms with Crippen LogP contribution >= 0.6 is 0 Å². The first-order valence-electron chi connectivity index (χ1n) is 17.4. The van der Waals surface area contributed by atoms with Crippen LogP contribution in [0.4, 0.5) is 0 Å². The topological polar surface area (TPSA) is 0 Å². The van der Waals surface area contributed by atoms with E-state index in [-0.39, 0.29) is 0 Å². The smallest absolute Gasteiger partial charge is 0.00201 e. The lowest BCUT2D eigenvalue weighted by molar-refractivity contribution is 1.64. The van der Waals surface area contributed by atoms with Gasteiger partial charge in [0.05, 0.1) is 0 Å². The molecule has 0 saturated carbocycles. The van der Waals surface area contributed by atoms with Crippen LogP contribution in [0.15, 0.2) is 194 Å². The van der Waals surface area contributed by atoms with Gasteiger partial charge in [-0.25, -0.2) is 0 Å². The van der Waals surface area contributed by atoms with E-state index in [4.69, 9.17) is 0 Å². The fourth-order valence-corrected chi connectivity index (χ4v) is 8.23. The zero-order valence-corrected chi connectivity index (χ0v) is 27.5. The first-order valence-corrected chi connectivity index (χ1v) is 17.4. The summed E-state index contributed by atoms with van der Waals surface area (Å²) in [6.07, 6.45) is 0. The van der Waals surface area contributed by atoms with Gasteiger partial charge in [-0.05, 0) is 111 Å². The maximum Gasteiger partial charge on any atom is -0.00201 e. The normalized spacial score (nSPS) is 11.6. The zero-order valence-electron chi connectivity index (χ0n) is 27.5. The molecule has 232 valence electrons. The Balaban J connectivity index is 1.25. The van der Waals surface area contributed by atoms with Crippen LogP contribution in [-0.2, 0) is 0 Å². The van der Waals surface area contributed by atoms with Gasteiger partial charge < -0.3 is 0 Å². The molecule has 0 radical (unpaired) electrons. The van der Waals surface area contributed by atoms with Crippen LogP contribution in [0, 0.1) is 0 Å². The molecule has 0 aliphatic rings. The maximum absolute atomic E-state index is 2.42. The molecule has 50 heavy (non-hydrogen) atoms. The number of benzene rings is 10. The average molecular weight is 633 g/mol. The molecule has 0 N–H and O–H groups in total. The summed E-state index contributed by atoms with van der Waals surface area (Å²) in [5.41, 5.74) is 10.1. The summed E-state index contributed by atoms with van der Waals surface area (Å²) >= 11 is 0. The van der Waals surface area contributed by atoms with Gasteiger partial charge in [0.1, 0.15) is 0 Å². The first-order chi connectivity index (χ1) is 24.8. The molecule has 0 heterocycles. The molecule has 0 nitrogen and oxygen atoms in total. The second-order valence-corrected chi connectivity index (χ2v) is 13.2. The van der Waals surface area contributed by atoms with Crippen LogP contribution in [-0.4, -0.2) is 0 Å². The highest BCUT2D eigenvalue weighted by molar-refractivity contribution is 6.25. The lowest BCUT2D eigenvalue weighted by Crippen LogP contribution is -1.93. The molecule has 0 aromatic heterocycles. The van der Waals surface area contributed by atoms with Gasteiger partial charge in [0, 0.05) is 0 Å². The van der Waals surface area contributed by atoms with Crippen LogP contribution in [0.3, 0.4) is 0 Å². The molecule has 0 bridgehead atoms. The zero-order chi connectivity index (χ0) is 33.0. The molecule has 0 spiro atoms. The molecule has 10 aromatic rings. The van der Waals surface area contributed by atoms with Gasteiger partial charge in [-0.1, -0.05) is 182 Å². The van der Waals surface area contributed by atoms with Crippen LogP contribution in [0.1, 0.15) is 0 Å². The van der Waals surface area contributed by atoms with Crippen molar-refractivity contribution in [2.75, 3.05) is 0 Å². The SMILES string of the molecule is c1ccc(-c2ccc(-c3c4ccccc4c(-c4ccc5cc(-c6ccccc6)c6ccccc6c5c4)c4ccccc34)c3ccccc23)cc1. The van der Waals surface area contributed by atoms with Crippen molar-refractivity contribution in [2.45, 2.75) is 0 Å². The quantitative estimate of drug-likeness (QED) is 0.134. The summed E-state index contributed by atoms with van der Waals surface area (Å²) in [6, 6.07) is 71.2. The van der Waals surface area contributed by atoms with E-state index in [0.717, 1.165) is 0 Å². The van der Waals surface area contributed by atoms with Crippen molar-refractivity contribution in [1.82, 2.24) is 0 Å². The minimum atomic E-state index is 1.23. The Kier molecular flexibility index (Phi) is 6.60. The minimum Gasteiger partial charge on any atom is -0.0622 e. The predicted octanol–water partition coefficient (Wildman–Crippen LogP) is 14.1. The molecule has 0 amide bonds. The summed E-state index contributed by atoms with van der Waals surface area (Å²) in [4.78, 5) is 0. The van der Waals surface area contributed by atoms with Crippen molar-refractivity contribution in [3.8, 4) is 44.5 Å². The number of hydrogen-bond donors (Lipinski definition) is 0. The van der Waals surface area contributed by atoms with Crippen LogP contribution < -0.4 is 0 Å². The Morgan fingerprint density at radius 3 is 1.20 bits per heavy atom. The molecule has 0 unspecified atom stereocenters. The molecule has 10 rings (SSSR count). The van der Waals surface area contributed by atoms with E-state index in [9.17, 15) is 0 Å². The maximum atomic E-state index is 2.42. The van der Waals surface area contributed by atoms with Crippen molar-refractivity contribution in [3.05, 3.63) is 194 Å². The Labute approximate surface area is 291 Å². The van der Waals surface area contributed by atoms with Gasteiger partial charge in [0.25, 0.3) is 0 Å². The molecule has 0 atom stereocenters. The van der Waals surface area contributed by atoms with Gasteiger partial charge in [-0.15, -0.1) is 0 Å². The third-order valence-corrected chi connectivity index (χ3v) is 10.4. The lowest BCUT2D eigenvalue weighted by Gasteiger charge is -2.20. The second kappa shape index (κ2) is 11.6. The van der Waals surface area contributed by atoms with E-state index < -0.39 is 0 Å². The molecule has 0 saturated heterocycles. The van der Waals surface area contributed by atoms with Crippen molar-refractivity contribution < 1.29 is 0 Å². The van der Waals surface area contributed by atoms with E-state index in [0.29, 0.717) is 0 Å². The van der Waals surface area contributed by atoms with Crippen molar-refractivity contribution in [3.63, 3.8) is 0 Å². The highest BCUT2D eigenvalue weighted by Crippen LogP contribution is 2.47. The van der Waals surface area contributed by atoms with E-state index >= 15 is 0 Å². The summed E-state index contributed by atoms with van der Waals surface area (Å²) in [6.45, 7) is 0. The van der Waals surface area contributed by atoms with Gasteiger partial charge >= 0.3 is 0 Å². The van der Waals surface area contributed by atoms with Gasteiger partial charge in [0.2, 0.25) is 0 Å². The third-order valence-electron chi connectivity index (χ3n) is 10.4. The van der Waals surface area contributed by atoms with E-state index in [1.165, 1.54) is 98.4 Å². The summed E-state index contributed by atoms with van der Waals surface area (Å²) in [7, 11) is 0. The van der Waals surface area contributed by atoms with Crippen molar-refractivity contribution >= 4 is 53.9 Å². The standard InChI is InChI=1S/C50H32/c1-3-15-33(16-4-1)37-29-30-46(39-20-8-7-19-38(37)39)50-44-25-13-11-23-42(44)49(43-24-12-14-26-45(43)50)36-28-27-35-31-47(34-17-5-2-6-18-34)40-21-9-10-22-41(40)48(35)32-36/h1-32H. The van der Waals surface area contributed by atoms with Crippen molar-refractivity contribution in [1.29, 1.82) is 0 Å².